The number of nitrogens with one attached hydrogen (secondary N) is 3. The Labute approximate surface area is 218 Å². The molecule has 4 N–H and O–H groups in total. The molecule has 3 heterocycles. The normalized spacial score (nSPS) is 14.4. The molecule has 1 aliphatic rings. The van der Waals surface area contributed by atoms with Gasteiger partial charge >= 0.3 is 0 Å². The Morgan fingerprint density at radius 3 is 2.49 bits per heavy atom. The summed E-state index contributed by atoms with van der Waals surface area (Å²) in [6, 6.07) is 7.21. The van der Waals surface area contributed by atoms with E-state index in [9.17, 15) is 17.9 Å². The number of benzene rings is 1. The minimum absolute atomic E-state index is 0.00651. The number of hydrogen-bond donors (Lipinski definition) is 4. The molecule has 0 spiro atoms. The van der Waals surface area contributed by atoms with Gasteiger partial charge in [0.2, 0.25) is 21.9 Å². The molecule has 2 aromatic heterocycles. The molecular formula is C22H26ClFN8O4S. The van der Waals surface area contributed by atoms with Crippen molar-refractivity contribution in [1.29, 1.82) is 0 Å². The number of hydrogen-bond acceptors (Lipinski definition) is 11. The summed E-state index contributed by atoms with van der Waals surface area (Å²) >= 11 is 6.26. The summed E-state index contributed by atoms with van der Waals surface area (Å²) in [6.07, 6.45) is 2.32. The molecule has 1 saturated heterocycles. The third kappa shape index (κ3) is 6.85. The number of aliphatic hydroxyl groups is 1. The first kappa shape index (κ1) is 26.6. The van der Waals surface area contributed by atoms with Crippen molar-refractivity contribution in [3.05, 3.63) is 47.4 Å². The van der Waals surface area contributed by atoms with Crippen LogP contribution in [0.3, 0.4) is 0 Å². The van der Waals surface area contributed by atoms with Crippen LogP contribution in [0.5, 0.6) is 5.88 Å². The van der Waals surface area contributed by atoms with Crippen LogP contribution in [0.4, 0.5) is 39.0 Å². The lowest BCUT2D eigenvalue weighted by atomic mass is 10.2. The first-order valence-electron chi connectivity index (χ1n) is 11.1. The van der Waals surface area contributed by atoms with Gasteiger partial charge in [0.15, 0.2) is 5.82 Å². The Bertz CT molecular complexity index is 1370. The molecule has 0 amide bonds. The van der Waals surface area contributed by atoms with Crippen molar-refractivity contribution in [1.82, 2.24) is 19.9 Å². The largest absolute Gasteiger partial charge is 0.479 e. The van der Waals surface area contributed by atoms with E-state index in [2.05, 4.69) is 35.2 Å². The van der Waals surface area contributed by atoms with E-state index >= 15 is 0 Å². The van der Waals surface area contributed by atoms with Gasteiger partial charge in [-0.1, -0.05) is 11.6 Å². The molecule has 0 unspecified atom stereocenters. The summed E-state index contributed by atoms with van der Waals surface area (Å²) in [6.45, 7) is 2.92. The van der Waals surface area contributed by atoms with Crippen molar-refractivity contribution in [3.63, 3.8) is 0 Å². The van der Waals surface area contributed by atoms with Crippen LogP contribution in [0.1, 0.15) is 0 Å². The van der Waals surface area contributed by atoms with E-state index in [1.54, 1.807) is 6.07 Å². The van der Waals surface area contributed by atoms with E-state index in [-0.39, 0.29) is 34.9 Å². The van der Waals surface area contributed by atoms with Crippen LogP contribution >= 0.6 is 11.6 Å². The molecule has 0 radical (unpaired) electrons. The lowest BCUT2D eigenvalue weighted by Gasteiger charge is -2.34. The van der Waals surface area contributed by atoms with Gasteiger partial charge in [-0.25, -0.2) is 17.8 Å². The summed E-state index contributed by atoms with van der Waals surface area (Å²) in [5.74, 6) is 0.768. The molecule has 4 rings (SSSR count). The molecule has 37 heavy (non-hydrogen) atoms. The quantitative estimate of drug-likeness (QED) is 0.311. The number of ether oxygens (including phenoxy) is 1. The number of aliphatic hydroxyl groups excluding tert-OH is 1. The van der Waals surface area contributed by atoms with E-state index in [0.717, 1.165) is 44.3 Å². The second-order valence-corrected chi connectivity index (χ2v) is 10.3. The van der Waals surface area contributed by atoms with Gasteiger partial charge in [-0.2, -0.15) is 9.97 Å². The van der Waals surface area contributed by atoms with Gasteiger partial charge in [0.1, 0.15) is 22.3 Å². The van der Waals surface area contributed by atoms with Crippen LogP contribution in [0.25, 0.3) is 0 Å². The van der Waals surface area contributed by atoms with Crippen LogP contribution in [0.15, 0.2) is 36.5 Å². The first-order chi connectivity index (χ1) is 17.6. The van der Waals surface area contributed by atoms with Gasteiger partial charge in [0.25, 0.3) is 0 Å². The van der Waals surface area contributed by atoms with E-state index in [1.807, 2.05) is 11.0 Å². The van der Waals surface area contributed by atoms with Gasteiger partial charge in [-0.3, -0.25) is 9.62 Å². The number of aromatic nitrogens is 3. The number of methoxy groups -OCH3 is 1. The highest BCUT2D eigenvalue weighted by Crippen LogP contribution is 2.32. The maximum Gasteiger partial charge on any atom is 0.239 e. The number of piperazine rings is 1. The van der Waals surface area contributed by atoms with Crippen LogP contribution in [0, 0.1) is 5.82 Å². The molecule has 1 fully saturated rings. The summed E-state index contributed by atoms with van der Waals surface area (Å²) in [4.78, 5) is 17.2. The van der Waals surface area contributed by atoms with Crippen LogP contribution < -0.4 is 25.0 Å². The number of anilines is 6. The summed E-state index contributed by atoms with van der Waals surface area (Å²) in [7, 11) is -2.16. The van der Waals surface area contributed by atoms with Gasteiger partial charge in [0.05, 0.1) is 37.7 Å². The number of nitrogens with zero attached hydrogens (tertiary/aromatic N) is 5. The zero-order valence-corrected chi connectivity index (χ0v) is 21.6. The minimum atomic E-state index is -3.66. The van der Waals surface area contributed by atoms with E-state index in [0.29, 0.717) is 11.6 Å². The number of halogens is 2. The second-order valence-electron chi connectivity index (χ2n) is 8.18. The standard InChI is InChI=1S/C22H26ClFN8O4S/c1-36-21-17(5-6-19(28-21)32-9-7-31(13-33)8-10-32)27-22-25-12-15(23)20(29-22)26-16-4-3-14(24)11-18(16)30-37(2,34)35/h3-6,11-12,30,33H,7-10,13H2,1-2H3,(H2,25,26,27,29). The molecule has 0 aliphatic carbocycles. The topological polar surface area (TPSA) is 145 Å². The highest BCUT2D eigenvalue weighted by atomic mass is 35.5. The van der Waals surface area contributed by atoms with Crippen LogP contribution in [-0.4, -0.2) is 79.7 Å². The van der Waals surface area contributed by atoms with Crippen molar-refractivity contribution < 1.29 is 22.7 Å². The summed E-state index contributed by atoms with van der Waals surface area (Å²) in [5.41, 5.74) is 0.742. The second kappa shape index (κ2) is 11.3. The van der Waals surface area contributed by atoms with Crippen LogP contribution in [0.2, 0.25) is 5.02 Å². The zero-order chi connectivity index (χ0) is 26.6. The van der Waals surface area contributed by atoms with Gasteiger partial charge in [-0.15, -0.1) is 0 Å². The highest BCUT2D eigenvalue weighted by Gasteiger charge is 2.19. The van der Waals surface area contributed by atoms with Crippen LogP contribution in [-0.2, 0) is 10.0 Å². The predicted octanol–water partition coefficient (Wildman–Crippen LogP) is 2.60. The SMILES string of the molecule is COc1nc(N2CCN(CO)CC2)ccc1Nc1ncc(Cl)c(Nc2ccc(F)cc2NS(C)(=O)=O)n1. The Hall–Kier alpha value is -3.46. The molecule has 3 aromatic rings. The van der Waals surface area contributed by atoms with Crippen molar-refractivity contribution >= 4 is 56.3 Å². The van der Waals surface area contributed by atoms with Gasteiger partial charge in [0, 0.05) is 32.2 Å². The lowest BCUT2D eigenvalue weighted by molar-refractivity contribution is 0.102. The molecule has 1 aliphatic heterocycles. The third-order valence-corrected chi connectivity index (χ3v) is 6.32. The van der Waals surface area contributed by atoms with Gasteiger partial charge < -0.3 is 25.4 Å². The summed E-state index contributed by atoms with van der Waals surface area (Å²) in [5, 5.41) is 15.4. The molecule has 0 saturated carbocycles. The fourth-order valence-electron chi connectivity index (χ4n) is 3.65. The first-order valence-corrected chi connectivity index (χ1v) is 13.4. The molecule has 15 heteroatoms. The fourth-order valence-corrected chi connectivity index (χ4v) is 4.36. The molecule has 198 valence electrons. The Morgan fingerprint density at radius 2 is 1.81 bits per heavy atom. The monoisotopic (exact) mass is 552 g/mol. The predicted molar refractivity (Wildman–Crippen MR) is 140 cm³/mol. The van der Waals surface area contributed by atoms with Crippen molar-refractivity contribution in [2.75, 3.05) is 66.5 Å². The van der Waals surface area contributed by atoms with Crippen molar-refractivity contribution in [2.45, 2.75) is 0 Å². The molecule has 0 atom stereocenters. The Kier molecular flexibility index (Phi) is 8.12. The Balaban J connectivity index is 1.54. The highest BCUT2D eigenvalue weighted by molar-refractivity contribution is 7.92. The van der Waals surface area contributed by atoms with Crippen molar-refractivity contribution in [2.24, 2.45) is 0 Å². The lowest BCUT2D eigenvalue weighted by Crippen LogP contribution is -2.46. The minimum Gasteiger partial charge on any atom is -0.479 e. The maximum absolute atomic E-state index is 13.7. The average molecular weight is 553 g/mol. The molecular weight excluding hydrogens is 527 g/mol. The van der Waals surface area contributed by atoms with E-state index < -0.39 is 15.8 Å². The third-order valence-electron chi connectivity index (χ3n) is 5.46. The van der Waals surface area contributed by atoms with E-state index in [4.69, 9.17) is 16.3 Å². The number of pyridine rings is 1. The maximum atomic E-state index is 13.7. The van der Waals surface area contributed by atoms with Crippen molar-refractivity contribution in [3.8, 4) is 5.88 Å². The fraction of sp³-hybridized carbons (Fsp3) is 0.318. The molecule has 0 bridgehead atoms. The average Bonchev–Trinajstić information content (AvgIpc) is 2.87. The smallest absolute Gasteiger partial charge is 0.239 e. The van der Waals surface area contributed by atoms with Gasteiger partial charge in [-0.05, 0) is 24.3 Å². The molecule has 1 aromatic carbocycles. The zero-order valence-electron chi connectivity index (χ0n) is 20.1. The number of rotatable bonds is 9. The summed E-state index contributed by atoms with van der Waals surface area (Å²) < 4.78 is 44.9. The number of sulfonamides is 1. The Morgan fingerprint density at radius 1 is 1.08 bits per heavy atom. The van der Waals surface area contributed by atoms with E-state index in [1.165, 1.54) is 25.4 Å². The molecule has 12 nitrogen and oxygen atoms in total.